The summed E-state index contributed by atoms with van der Waals surface area (Å²) in [6.07, 6.45) is 4.31. The third-order valence-electron chi connectivity index (χ3n) is 5.21. The Labute approximate surface area is 190 Å². The van der Waals surface area contributed by atoms with E-state index in [1.165, 1.54) is 0 Å². The molecule has 0 saturated heterocycles. The molecule has 0 aliphatic heterocycles. The second kappa shape index (κ2) is 8.90. The van der Waals surface area contributed by atoms with Gasteiger partial charge < -0.3 is 15.0 Å². The highest BCUT2D eigenvalue weighted by atomic mass is 32.1. The molecule has 0 aliphatic carbocycles. The van der Waals surface area contributed by atoms with Crippen LogP contribution in [-0.4, -0.2) is 37.8 Å². The highest BCUT2D eigenvalue weighted by Crippen LogP contribution is 2.46. The van der Waals surface area contributed by atoms with Crippen molar-refractivity contribution in [3.8, 4) is 33.1 Å². The maximum atomic E-state index is 9.29. The van der Waals surface area contributed by atoms with Crippen molar-refractivity contribution in [1.29, 1.82) is 0 Å². The third kappa shape index (κ3) is 3.88. The Hall–Kier alpha value is -3.55. The number of aryl methyl sites for hydroxylation is 1. The summed E-state index contributed by atoms with van der Waals surface area (Å²) in [5.41, 5.74) is 4.12. The Morgan fingerprint density at radius 2 is 1.69 bits per heavy atom. The van der Waals surface area contributed by atoms with Crippen LogP contribution in [0.3, 0.4) is 0 Å². The van der Waals surface area contributed by atoms with Crippen molar-refractivity contribution in [2.24, 2.45) is 7.05 Å². The van der Waals surface area contributed by atoms with Crippen LogP contribution in [0.4, 0.5) is 5.82 Å². The number of hydrogen-bond donors (Lipinski definition) is 2. The van der Waals surface area contributed by atoms with Crippen molar-refractivity contribution in [3.05, 3.63) is 73.2 Å². The predicted octanol–water partition coefficient (Wildman–Crippen LogP) is 5.22. The van der Waals surface area contributed by atoms with Crippen molar-refractivity contribution in [3.63, 3.8) is 0 Å². The number of benzene rings is 2. The van der Waals surface area contributed by atoms with E-state index in [1.54, 1.807) is 17.7 Å². The summed E-state index contributed by atoms with van der Waals surface area (Å²) in [5.74, 6) is 1.35. The van der Waals surface area contributed by atoms with Crippen LogP contribution >= 0.6 is 11.3 Å². The SMILES string of the molecule is Cn1cnc(-c2nc(NCCCO)c3c(-c4ccccc4)c(-c4ccccc4)sc3n2)c1. The minimum absolute atomic E-state index is 0.124. The molecular weight excluding hydrogens is 418 g/mol. The van der Waals surface area contributed by atoms with Crippen LogP contribution < -0.4 is 5.32 Å². The predicted molar refractivity (Wildman–Crippen MR) is 131 cm³/mol. The molecule has 0 saturated carbocycles. The molecule has 3 heterocycles. The number of aliphatic hydroxyl groups is 1. The minimum atomic E-state index is 0.124. The van der Waals surface area contributed by atoms with Crippen LogP contribution in [0, 0.1) is 0 Å². The van der Waals surface area contributed by atoms with Gasteiger partial charge in [0.05, 0.1) is 11.7 Å². The van der Waals surface area contributed by atoms with E-state index in [-0.39, 0.29) is 6.61 Å². The average Bonchev–Trinajstić information content (AvgIpc) is 3.44. The molecule has 32 heavy (non-hydrogen) atoms. The van der Waals surface area contributed by atoms with E-state index >= 15 is 0 Å². The highest BCUT2D eigenvalue weighted by Gasteiger charge is 2.22. The van der Waals surface area contributed by atoms with Gasteiger partial charge >= 0.3 is 0 Å². The van der Waals surface area contributed by atoms with E-state index in [0.717, 1.165) is 43.3 Å². The second-order valence-electron chi connectivity index (χ2n) is 7.54. The first-order chi connectivity index (χ1) is 15.7. The fourth-order valence-corrected chi connectivity index (χ4v) is 4.93. The first-order valence-electron chi connectivity index (χ1n) is 10.5. The van der Waals surface area contributed by atoms with E-state index < -0.39 is 0 Å². The zero-order valence-corrected chi connectivity index (χ0v) is 18.5. The lowest BCUT2D eigenvalue weighted by atomic mass is 9.99. The fourth-order valence-electron chi connectivity index (χ4n) is 3.73. The molecule has 0 fully saturated rings. The first kappa shape index (κ1) is 20.4. The molecular formula is C25H23N5OS. The van der Waals surface area contributed by atoms with Gasteiger partial charge in [-0.1, -0.05) is 60.7 Å². The fraction of sp³-hybridized carbons (Fsp3) is 0.160. The van der Waals surface area contributed by atoms with Crippen LogP contribution in [0.25, 0.3) is 43.3 Å². The summed E-state index contributed by atoms with van der Waals surface area (Å²) in [6.45, 7) is 0.744. The summed E-state index contributed by atoms with van der Waals surface area (Å²) in [7, 11) is 1.93. The van der Waals surface area contributed by atoms with Gasteiger partial charge in [0.25, 0.3) is 0 Å². The second-order valence-corrected chi connectivity index (χ2v) is 8.54. The average molecular weight is 442 g/mol. The van der Waals surface area contributed by atoms with Gasteiger partial charge in [-0.3, -0.25) is 0 Å². The van der Waals surface area contributed by atoms with Crippen molar-refractivity contribution >= 4 is 27.4 Å². The zero-order chi connectivity index (χ0) is 21.9. The van der Waals surface area contributed by atoms with Crippen molar-refractivity contribution in [1.82, 2.24) is 19.5 Å². The Morgan fingerprint density at radius 3 is 2.34 bits per heavy atom. The van der Waals surface area contributed by atoms with E-state index in [4.69, 9.17) is 9.97 Å². The normalized spacial score (nSPS) is 11.2. The van der Waals surface area contributed by atoms with E-state index in [9.17, 15) is 5.11 Å². The number of nitrogens with one attached hydrogen (secondary N) is 1. The molecule has 0 aliphatic rings. The van der Waals surface area contributed by atoms with E-state index in [2.05, 4.69) is 58.8 Å². The van der Waals surface area contributed by atoms with Gasteiger partial charge in [-0.2, -0.15) is 0 Å². The van der Waals surface area contributed by atoms with Crippen LogP contribution in [0.5, 0.6) is 0 Å². The van der Waals surface area contributed by atoms with Gasteiger partial charge in [0.2, 0.25) is 0 Å². The topological polar surface area (TPSA) is 75.9 Å². The Morgan fingerprint density at radius 1 is 0.969 bits per heavy atom. The Balaban J connectivity index is 1.79. The number of anilines is 1. The molecule has 0 unspecified atom stereocenters. The number of nitrogens with zero attached hydrogens (tertiary/aromatic N) is 4. The number of hydrogen-bond acceptors (Lipinski definition) is 6. The number of imidazole rings is 1. The Kier molecular flexibility index (Phi) is 5.66. The van der Waals surface area contributed by atoms with Crippen molar-refractivity contribution in [2.75, 3.05) is 18.5 Å². The highest BCUT2D eigenvalue weighted by molar-refractivity contribution is 7.22. The van der Waals surface area contributed by atoms with Crippen LogP contribution in [0.1, 0.15) is 6.42 Å². The van der Waals surface area contributed by atoms with Crippen LogP contribution in [-0.2, 0) is 7.05 Å². The van der Waals surface area contributed by atoms with Gasteiger partial charge in [0, 0.05) is 36.8 Å². The monoisotopic (exact) mass is 441 g/mol. The van der Waals surface area contributed by atoms with Gasteiger partial charge in [-0.25, -0.2) is 15.0 Å². The van der Waals surface area contributed by atoms with Crippen molar-refractivity contribution < 1.29 is 5.11 Å². The summed E-state index contributed by atoms with van der Waals surface area (Å²) in [6, 6.07) is 20.8. The molecule has 0 spiro atoms. The number of rotatable bonds is 7. The lowest BCUT2D eigenvalue weighted by molar-refractivity contribution is 0.292. The molecule has 7 heteroatoms. The maximum Gasteiger partial charge on any atom is 0.183 e. The smallest absolute Gasteiger partial charge is 0.183 e. The number of aliphatic hydroxyl groups excluding tert-OH is 1. The summed E-state index contributed by atoms with van der Waals surface area (Å²) in [5, 5.41) is 13.7. The number of aromatic nitrogens is 4. The first-order valence-corrected chi connectivity index (χ1v) is 11.3. The molecule has 0 radical (unpaired) electrons. The third-order valence-corrected chi connectivity index (χ3v) is 6.34. The molecule has 0 atom stereocenters. The largest absolute Gasteiger partial charge is 0.396 e. The molecule has 160 valence electrons. The zero-order valence-electron chi connectivity index (χ0n) is 17.7. The molecule has 0 bridgehead atoms. The Bertz CT molecular complexity index is 1350. The molecule has 5 rings (SSSR count). The van der Waals surface area contributed by atoms with Crippen LogP contribution in [0.15, 0.2) is 73.2 Å². The lowest BCUT2D eigenvalue weighted by Gasteiger charge is -2.11. The molecule has 2 aromatic carbocycles. The number of fused-ring (bicyclic) bond motifs is 1. The molecule has 5 aromatic rings. The number of thiophene rings is 1. The van der Waals surface area contributed by atoms with Gasteiger partial charge in [-0.05, 0) is 17.5 Å². The molecule has 6 nitrogen and oxygen atoms in total. The van der Waals surface area contributed by atoms with Gasteiger partial charge in [-0.15, -0.1) is 11.3 Å². The van der Waals surface area contributed by atoms with Crippen LogP contribution in [0.2, 0.25) is 0 Å². The van der Waals surface area contributed by atoms with Crippen molar-refractivity contribution in [2.45, 2.75) is 6.42 Å². The summed E-state index contributed by atoms with van der Waals surface area (Å²) in [4.78, 5) is 16.3. The molecule has 3 aromatic heterocycles. The van der Waals surface area contributed by atoms with E-state index in [0.29, 0.717) is 18.8 Å². The quantitative estimate of drug-likeness (QED) is 0.339. The summed E-state index contributed by atoms with van der Waals surface area (Å²) >= 11 is 1.67. The summed E-state index contributed by atoms with van der Waals surface area (Å²) < 4.78 is 1.89. The lowest BCUT2D eigenvalue weighted by Crippen LogP contribution is -2.07. The minimum Gasteiger partial charge on any atom is -0.396 e. The molecule has 0 amide bonds. The maximum absolute atomic E-state index is 9.29. The van der Waals surface area contributed by atoms with E-state index in [1.807, 2.05) is 29.9 Å². The molecule has 2 N–H and O–H groups in total. The van der Waals surface area contributed by atoms with Gasteiger partial charge in [0.1, 0.15) is 16.3 Å². The van der Waals surface area contributed by atoms with Gasteiger partial charge in [0.15, 0.2) is 5.82 Å². The standard InChI is InChI=1S/C25H23N5OS/c1-30-15-19(27-16-30)23-28-24(26-13-8-14-31)21-20(17-9-4-2-5-10-17)22(32-25(21)29-23)18-11-6-3-7-12-18/h2-7,9-12,15-16,31H,8,13-14H2,1H3,(H,26,28,29).